The normalized spacial score (nSPS) is 22.5. The lowest BCUT2D eigenvalue weighted by molar-refractivity contribution is 0.108. The SMILES string of the molecule is CC(O)CC1CCCCCN1Cc1cc(F)cc(F)c1. The van der Waals surface area contributed by atoms with Crippen LogP contribution < -0.4 is 0 Å². The van der Waals surface area contributed by atoms with Gasteiger partial charge in [0.1, 0.15) is 11.6 Å². The van der Waals surface area contributed by atoms with Crippen molar-refractivity contribution in [3.63, 3.8) is 0 Å². The van der Waals surface area contributed by atoms with Gasteiger partial charge in [0.25, 0.3) is 0 Å². The maximum absolute atomic E-state index is 13.3. The molecule has 1 N–H and O–H groups in total. The van der Waals surface area contributed by atoms with E-state index in [4.69, 9.17) is 0 Å². The van der Waals surface area contributed by atoms with E-state index in [9.17, 15) is 13.9 Å². The molecule has 1 aliphatic heterocycles. The van der Waals surface area contributed by atoms with Crippen LogP contribution in [0.25, 0.3) is 0 Å². The molecule has 2 rings (SSSR count). The second-order valence-corrected chi connectivity index (χ2v) is 5.84. The molecule has 20 heavy (non-hydrogen) atoms. The molecule has 0 aliphatic carbocycles. The summed E-state index contributed by atoms with van der Waals surface area (Å²) in [7, 11) is 0. The zero-order chi connectivity index (χ0) is 14.5. The van der Waals surface area contributed by atoms with E-state index in [1.165, 1.54) is 18.6 Å². The predicted molar refractivity (Wildman–Crippen MR) is 75.3 cm³/mol. The molecule has 1 fully saturated rings. The zero-order valence-corrected chi connectivity index (χ0v) is 12.0. The molecule has 0 spiro atoms. The van der Waals surface area contributed by atoms with Crippen LogP contribution in [0.4, 0.5) is 8.78 Å². The monoisotopic (exact) mass is 283 g/mol. The summed E-state index contributed by atoms with van der Waals surface area (Å²) < 4.78 is 26.5. The third kappa shape index (κ3) is 4.53. The van der Waals surface area contributed by atoms with E-state index in [1.54, 1.807) is 6.92 Å². The number of likely N-dealkylation sites (tertiary alicyclic amines) is 1. The lowest BCUT2D eigenvalue weighted by Gasteiger charge is -2.31. The van der Waals surface area contributed by atoms with Crippen LogP contribution in [-0.4, -0.2) is 28.7 Å². The quantitative estimate of drug-likeness (QED) is 0.914. The smallest absolute Gasteiger partial charge is 0.126 e. The minimum absolute atomic E-state index is 0.295. The van der Waals surface area contributed by atoms with Gasteiger partial charge < -0.3 is 5.11 Å². The number of benzene rings is 1. The van der Waals surface area contributed by atoms with Crippen LogP contribution in [0, 0.1) is 11.6 Å². The van der Waals surface area contributed by atoms with Crippen molar-refractivity contribution in [2.45, 2.75) is 57.7 Å². The number of halogens is 2. The maximum Gasteiger partial charge on any atom is 0.126 e. The van der Waals surface area contributed by atoms with Crippen molar-refractivity contribution in [3.8, 4) is 0 Å². The predicted octanol–water partition coefficient (Wildman–Crippen LogP) is 3.48. The molecule has 0 saturated carbocycles. The molecular formula is C16H23F2NO. The Hall–Kier alpha value is -1.00. The highest BCUT2D eigenvalue weighted by Gasteiger charge is 2.22. The standard InChI is InChI=1S/C16H23F2NO/c1-12(20)7-16-5-3-2-4-6-19(16)11-13-8-14(17)10-15(18)9-13/h8-10,12,16,20H,2-7,11H2,1H3. The number of aliphatic hydroxyl groups is 1. The maximum atomic E-state index is 13.3. The third-order valence-electron chi connectivity index (χ3n) is 3.92. The molecular weight excluding hydrogens is 260 g/mol. The molecule has 1 heterocycles. The molecule has 1 aromatic rings. The summed E-state index contributed by atoms with van der Waals surface area (Å²) >= 11 is 0. The molecule has 2 nitrogen and oxygen atoms in total. The van der Waals surface area contributed by atoms with Gasteiger partial charge in [-0.3, -0.25) is 4.90 Å². The van der Waals surface area contributed by atoms with Crippen molar-refractivity contribution in [3.05, 3.63) is 35.4 Å². The lowest BCUT2D eigenvalue weighted by Crippen LogP contribution is -2.36. The molecule has 4 heteroatoms. The summed E-state index contributed by atoms with van der Waals surface area (Å²) in [5.41, 5.74) is 0.667. The van der Waals surface area contributed by atoms with Crippen LogP contribution in [0.5, 0.6) is 0 Å². The summed E-state index contributed by atoms with van der Waals surface area (Å²) in [6.45, 7) is 3.27. The first-order valence-corrected chi connectivity index (χ1v) is 7.41. The van der Waals surface area contributed by atoms with Crippen molar-refractivity contribution in [1.82, 2.24) is 4.90 Å². The van der Waals surface area contributed by atoms with Gasteiger partial charge in [0.15, 0.2) is 0 Å². The third-order valence-corrected chi connectivity index (χ3v) is 3.92. The molecule has 2 unspecified atom stereocenters. The van der Waals surface area contributed by atoms with Crippen molar-refractivity contribution in [2.24, 2.45) is 0 Å². The van der Waals surface area contributed by atoms with Gasteiger partial charge in [-0.1, -0.05) is 12.8 Å². The highest BCUT2D eigenvalue weighted by atomic mass is 19.1. The summed E-state index contributed by atoms with van der Waals surface area (Å²) in [6, 6.07) is 3.99. The van der Waals surface area contributed by atoms with E-state index in [2.05, 4.69) is 4.90 Å². The van der Waals surface area contributed by atoms with Gasteiger partial charge in [0.2, 0.25) is 0 Å². The van der Waals surface area contributed by atoms with Crippen LogP contribution in [0.15, 0.2) is 18.2 Å². The van der Waals surface area contributed by atoms with Gasteiger partial charge in [0.05, 0.1) is 6.10 Å². The topological polar surface area (TPSA) is 23.5 Å². The molecule has 0 aromatic heterocycles. The van der Waals surface area contributed by atoms with Crippen molar-refractivity contribution in [1.29, 1.82) is 0 Å². The molecule has 1 saturated heterocycles. The van der Waals surface area contributed by atoms with E-state index < -0.39 is 11.6 Å². The Morgan fingerprint density at radius 2 is 1.90 bits per heavy atom. The van der Waals surface area contributed by atoms with E-state index in [0.717, 1.165) is 38.3 Å². The van der Waals surface area contributed by atoms with Crippen LogP contribution in [0.1, 0.15) is 44.6 Å². The van der Waals surface area contributed by atoms with Gasteiger partial charge in [-0.05, 0) is 50.4 Å². The Labute approximate surface area is 119 Å². The zero-order valence-electron chi connectivity index (χ0n) is 12.0. The highest BCUT2D eigenvalue weighted by Crippen LogP contribution is 2.23. The molecule has 0 amide bonds. The molecule has 112 valence electrons. The van der Waals surface area contributed by atoms with E-state index >= 15 is 0 Å². The Morgan fingerprint density at radius 1 is 1.20 bits per heavy atom. The Bertz CT molecular complexity index is 416. The summed E-state index contributed by atoms with van der Waals surface area (Å²) in [5.74, 6) is -1.05. The van der Waals surface area contributed by atoms with Crippen LogP contribution in [0.2, 0.25) is 0 Å². The Kier molecular flexibility index (Phi) is 5.49. The minimum atomic E-state index is -0.526. The lowest BCUT2D eigenvalue weighted by atomic mass is 10.0. The van der Waals surface area contributed by atoms with Gasteiger partial charge in [-0.25, -0.2) is 8.78 Å². The summed E-state index contributed by atoms with van der Waals surface area (Å²) in [4.78, 5) is 2.26. The van der Waals surface area contributed by atoms with E-state index in [0.29, 0.717) is 18.2 Å². The van der Waals surface area contributed by atoms with E-state index in [-0.39, 0.29) is 6.10 Å². The van der Waals surface area contributed by atoms with Gasteiger partial charge in [0, 0.05) is 18.7 Å². The van der Waals surface area contributed by atoms with Crippen molar-refractivity contribution < 1.29 is 13.9 Å². The molecule has 2 atom stereocenters. The first-order chi connectivity index (χ1) is 9.54. The fourth-order valence-corrected chi connectivity index (χ4v) is 3.04. The first-order valence-electron chi connectivity index (χ1n) is 7.41. The average molecular weight is 283 g/mol. The number of hydrogen-bond donors (Lipinski definition) is 1. The Balaban J connectivity index is 2.09. The molecule has 0 radical (unpaired) electrons. The molecule has 1 aliphatic rings. The van der Waals surface area contributed by atoms with Crippen LogP contribution in [0.3, 0.4) is 0 Å². The molecule has 0 bridgehead atoms. The number of rotatable bonds is 4. The fourth-order valence-electron chi connectivity index (χ4n) is 3.04. The summed E-state index contributed by atoms with van der Waals surface area (Å²) in [6.07, 6.45) is 4.87. The minimum Gasteiger partial charge on any atom is -0.393 e. The van der Waals surface area contributed by atoms with Gasteiger partial charge in [-0.15, -0.1) is 0 Å². The number of nitrogens with zero attached hydrogens (tertiary/aromatic N) is 1. The average Bonchev–Trinajstić information content (AvgIpc) is 2.53. The van der Waals surface area contributed by atoms with Gasteiger partial charge in [-0.2, -0.15) is 0 Å². The Morgan fingerprint density at radius 3 is 2.55 bits per heavy atom. The number of hydrogen-bond acceptors (Lipinski definition) is 2. The van der Waals surface area contributed by atoms with Gasteiger partial charge >= 0.3 is 0 Å². The van der Waals surface area contributed by atoms with Crippen molar-refractivity contribution in [2.75, 3.05) is 6.54 Å². The second kappa shape index (κ2) is 7.14. The fraction of sp³-hybridized carbons (Fsp3) is 0.625. The van der Waals surface area contributed by atoms with Crippen LogP contribution >= 0.6 is 0 Å². The largest absolute Gasteiger partial charge is 0.393 e. The van der Waals surface area contributed by atoms with Crippen molar-refractivity contribution >= 4 is 0 Å². The van der Waals surface area contributed by atoms with Crippen LogP contribution in [-0.2, 0) is 6.54 Å². The highest BCUT2D eigenvalue weighted by molar-refractivity contribution is 5.18. The first kappa shape index (κ1) is 15.4. The molecule has 1 aromatic carbocycles. The number of aliphatic hydroxyl groups excluding tert-OH is 1. The second-order valence-electron chi connectivity index (χ2n) is 5.84. The van der Waals surface area contributed by atoms with E-state index in [1.807, 2.05) is 0 Å². The summed E-state index contributed by atoms with van der Waals surface area (Å²) in [5, 5.41) is 9.62.